The Bertz CT molecular complexity index is 581. The highest BCUT2D eigenvalue weighted by molar-refractivity contribution is 5.43. The van der Waals surface area contributed by atoms with Crippen molar-refractivity contribution in [2.24, 2.45) is 11.7 Å². The van der Waals surface area contributed by atoms with Crippen LogP contribution in [0.4, 0.5) is 0 Å². The molecule has 3 heteroatoms. The van der Waals surface area contributed by atoms with Crippen molar-refractivity contribution in [1.29, 1.82) is 0 Å². The Kier molecular flexibility index (Phi) is 5.84. The maximum atomic E-state index is 6.14. The van der Waals surface area contributed by atoms with E-state index >= 15 is 0 Å². The molecular weight excluding hydrogens is 274 g/mol. The third-order valence-corrected chi connectivity index (χ3v) is 3.79. The van der Waals surface area contributed by atoms with E-state index in [4.69, 9.17) is 15.2 Å². The minimum absolute atomic E-state index is 0.154. The van der Waals surface area contributed by atoms with Crippen molar-refractivity contribution in [2.45, 2.75) is 32.9 Å². The van der Waals surface area contributed by atoms with E-state index in [1.165, 1.54) is 5.56 Å². The fourth-order valence-corrected chi connectivity index (χ4v) is 2.20. The Morgan fingerprint density at radius 2 is 1.68 bits per heavy atom. The maximum absolute atomic E-state index is 6.14. The molecule has 2 rings (SSSR count). The molecule has 0 aliphatic heterocycles. The van der Waals surface area contributed by atoms with E-state index in [0.717, 1.165) is 23.5 Å². The minimum Gasteiger partial charge on any atom is -0.493 e. The van der Waals surface area contributed by atoms with Crippen molar-refractivity contribution >= 4 is 0 Å². The summed E-state index contributed by atoms with van der Waals surface area (Å²) in [5.74, 6) is 1.97. The molecule has 2 N–H and O–H groups in total. The first-order valence-electron chi connectivity index (χ1n) is 7.69. The van der Waals surface area contributed by atoms with E-state index < -0.39 is 0 Å². The van der Waals surface area contributed by atoms with E-state index in [9.17, 15) is 0 Å². The van der Waals surface area contributed by atoms with Crippen LogP contribution in [0.25, 0.3) is 0 Å². The summed E-state index contributed by atoms with van der Waals surface area (Å²) in [6, 6.07) is 16.3. The number of hydrogen-bond acceptors (Lipinski definition) is 3. The Labute approximate surface area is 133 Å². The van der Waals surface area contributed by atoms with Gasteiger partial charge in [-0.3, -0.25) is 0 Å². The van der Waals surface area contributed by atoms with Gasteiger partial charge in [-0.15, -0.1) is 0 Å². The second-order valence-corrected chi connectivity index (χ2v) is 5.87. The molecule has 0 amide bonds. The second-order valence-electron chi connectivity index (χ2n) is 5.87. The zero-order valence-corrected chi connectivity index (χ0v) is 13.6. The molecule has 0 saturated heterocycles. The Morgan fingerprint density at radius 3 is 2.32 bits per heavy atom. The van der Waals surface area contributed by atoms with Crippen molar-refractivity contribution in [3.8, 4) is 11.5 Å². The number of nitrogens with two attached hydrogens (primary N) is 1. The molecule has 0 heterocycles. The van der Waals surface area contributed by atoms with Crippen molar-refractivity contribution in [3.05, 3.63) is 59.7 Å². The van der Waals surface area contributed by atoms with Gasteiger partial charge in [0.1, 0.15) is 6.61 Å². The van der Waals surface area contributed by atoms with Crippen molar-refractivity contribution in [3.63, 3.8) is 0 Å². The average Bonchev–Trinajstić information content (AvgIpc) is 2.54. The summed E-state index contributed by atoms with van der Waals surface area (Å²) in [7, 11) is 1.66. The predicted molar refractivity (Wildman–Crippen MR) is 90.3 cm³/mol. The lowest BCUT2D eigenvalue weighted by Crippen LogP contribution is -2.28. The molecule has 2 aromatic rings. The van der Waals surface area contributed by atoms with Crippen LogP contribution in [0, 0.1) is 5.92 Å². The second kappa shape index (κ2) is 7.85. The van der Waals surface area contributed by atoms with Crippen LogP contribution in [0.5, 0.6) is 11.5 Å². The molecule has 118 valence electrons. The van der Waals surface area contributed by atoms with Crippen LogP contribution < -0.4 is 15.2 Å². The third-order valence-electron chi connectivity index (χ3n) is 3.79. The molecule has 0 aliphatic rings. The molecule has 0 bridgehead atoms. The highest BCUT2D eigenvalue weighted by Crippen LogP contribution is 2.29. The lowest BCUT2D eigenvalue weighted by atomic mass is 9.97. The van der Waals surface area contributed by atoms with E-state index in [2.05, 4.69) is 19.9 Å². The molecule has 0 fully saturated rings. The Balaban J connectivity index is 2.06. The summed E-state index contributed by atoms with van der Waals surface area (Å²) in [6.45, 7) is 4.81. The van der Waals surface area contributed by atoms with Gasteiger partial charge in [0.25, 0.3) is 0 Å². The first-order valence-corrected chi connectivity index (χ1v) is 7.69. The number of hydrogen-bond donors (Lipinski definition) is 1. The molecule has 0 saturated carbocycles. The summed E-state index contributed by atoms with van der Waals surface area (Å²) in [6.07, 6.45) is 0.840. The molecule has 0 spiro atoms. The summed E-state index contributed by atoms with van der Waals surface area (Å²) in [5, 5.41) is 0. The zero-order valence-electron chi connectivity index (χ0n) is 13.6. The van der Waals surface area contributed by atoms with Gasteiger partial charge in [-0.2, -0.15) is 0 Å². The summed E-state index contributed by atoms with van der Waals surface area (Å²) >= 11 is 0. The number of ether oxygens (including phenoxy) is 2. The average molecular weight is 299 g/mol. The Morgan fingerprint density at radius 1 is 0.955 bits per heavy atom. The van der Waals surface area contributed by atoms with Crippen molar-refractivity contribution < 1.29 is 9.47 Å². The molecule has 22 heavy (non-hydrogen) atoms. The van der Waals surface area contributed by atoms with Crippen LogP contribution in [0.2, 0.25) is 0 Å². The molecule has 1 atom stereocenters. The van der Waals surface area contributed by atoms with Crippen LogP contribution in [0.3, 0.4) is 0 Å². The lowest BCUT2D eigenvalue weighted by Gasteiger charge is -2.17. The molecule has 3 nitrogen and oxygen atoms in total. The van der Waals surface area contributed by atoms with Crippen molar-refractivity contribution in [2.75, 3.05) is 7.11 Å². The van der Waals surface area contributed by atoms with E-state index in [1.807, 2.05) is 42.5 Å². The van der Waals surface area contributed by atoms with E-state index in [0.29, 0.717) is 12.5 Å². The van der Waals surface area contributed by atoms with E-state index in [1.54, 1.807) is 7.11 Å². The van der Waals surface area contributed by atoms with Crippen LogP contribution in [-0.4, -0.2) is 13.2 Å². The van der Waals surface area contributed by atoms with Gasteiger partial charge in [-0.05, 0) is 35.6 Å². The normalized spacial score (nSPS) is 12.2. The van der Waals surface area contributed by atoms with Crippen LogP contribution in [0.15, 0.2) is 48.5 Å². The fourth-order valence-electron chi connectivity index (χ4n) is 2.20. The summed E-state index contributed by atoms with van der Waals surface area (Å²) in [5.41, 5.74) is 8.45. The quantitative estimate of drug-likeness (QED) is 0.845. The summed E-state index contributed by atoms with van der Waals surface area (Å²) < 4.78 is 11.3. The van der Waals surface area contributed by atoms with Gasteiger partial charge in [0.05, 0.1) is 7.11 Å². The van der Waals surface area contributed by atoms with Gasteiger partial charge in [-0.25, -0.2) is 0 Å². The van der Waals surface area contributed by atoms with Gasteiger partial charge < -0.3 is 15.2 Å². The first-order chi connectivity index (χ1) is 10.6. The van der Waals surface area contributed by atoms with E-state index in [-0.39, 0.29) is 6.04 Å². The zero-order chi connectivity index (χ0) is 15.9. The highest BCUT2D eigenvalue weighted by atomic mass is 16.5. The number of benzene rings is 2. The lowest BCUT2D eigenvalue weighted by molar-refractivity contribution is 0.284. The molecule has 0 aliphatic carbocycles. The largest absolute Gasteiger partial charge is 0.493 e. The monoisotopic (exact) mass is 299 g/mol. The topological polar surface area (TPSA) is 44.5 Å². The summed E-state index contributed by atoms with van der Waals surface area (Å²) in [4.78, 5) is 0. The van der Waals surface area contributed by atoms with Crippen LogP contribution in [-0.2, 0) is 13.0 Å². The minimum atomic E-state index is 0.154. The highest BCUT2D eigenvalue weighted by Gasteiger charge is 2.11. The third kappa shape index (κ3) is 4.50. The standard InChI is InChI=1S/C19H25NO2/c1-14(2)17(20)11-16-9-10-18(19(12-16)21-3)22-13-15-7-5-4-6-8-15/h4-10,12,14,17H,11,13,20H2,1-3H3. The van der Waals surface area contributed by atoms with Gasteiger partial charge in [0.2, 0.25) is 0 Å². The van der Waals surface area contributed by atoms with Crippen molar-refractivity contribution in [1.82, 2.24) is 0 Å². The molecular formula is C19H25NO2. The fraction of sp³-hybridized carbons (Fsp3) is 0.368. The van der Waals surface area contributed by atoms with Gasteiger partial charge in [-0.1, -0.05) is 50.2 Å². The van der Waals surface area contributed by atoms with Gasteiger partial charge >= 0.3 is 0 Å². The van der Waals surface area contributed by atoms with Crippen LogP contribution >= 0.6 is 0 Å². The predicted octanol–water partition coefficient (Wildman–Crippen LogP) is 3.80. The first kappa shape index (κ1) is 16.4. The smallest absolute Gasteiger partial charge is 0.161 e. The number of rotatable bonds is 7. The molecule has 0 aromatic heterocycles. The molecule has 1 unspecified atom stereocenters. The SMILES string of the molecule is COc1cc(CC(N)C(C)C)ccc1OCc1ccccc1. The van der Waals surface area contributed by atoms with Gasteiger partial charge in [0.15, 0.2) is 11.5 Å². The Hall–Kier alpha value is -2.00. The number of methoxy groups -OCH3 is 1. The molecule has 0 radical (unpaired) electrons. The van der Waals surface area contributed by atoms with Crippen LogP contribution in [0.1, 0.15) is 25.0 Å². The molecule has 2 aromatic carbocycles. The van der Waals surface area contributed by atoms with Gasteiger partial charge in [0, 0.05) is 6.04 Å². The maximum Gasteiger partial charge on any atom is 0.161 e.